The fourth-order valence-electron chi connectivity index (χ4n) is 3.58. The predicted molar refractivity (Wildman–Crippen MR) is 135 cm³/mol. The maximum Gasteiger partial charge on any atom is 0.124 e. The highest BCUT2D eigenvalue weighted by Crippen LogP contribution is 2.37. The van der Waals surface area contributed by atoms with Crippen molar-refractivity contribution in [1.82, 2.24) is 9.55 Å². The lowest BCUT2D eigenvalue weighted by Crippen LogP contribution is -2.11. The van der Waals surface area contributed by atoms with Crippen molar-refractivity contribution in [2.24, 2.45) is 7.05 Å². The molecule has 8 heteroatoms. The topological polar surface area (TPSA) is 74.6 Å². The first-order valence-electron chi connectivity index (χ1n) is 10.1. The van der Waals surface area contributed by atoms with Gasteiger partial charge in [-0.15, -0.1) is 12.4 Å². The Labute approximate surface area is 214 Å². The normalized spacial score (nSPS) is 11.2. The van der Waals surface area contributed by atoms with E-state index in [9.17, 15) is 5.26 Å². The van der Waals surface area contributed by atoms with Crippen molar-refractivity contribution >= 4 is 35.6 Å². The highest BCUT2D eigenvalue weighted by atomic mass is 35.5. The third kappa shape index (κ3) is 5.25. The van der Waals surface area contributed by atoms with Crippen molar-refractivity contribution in [2.75, 3.05) is 0 Å². The summed E-state index contributed by atoms with van der Waals surface area (Å²) in [6, 6.07) is 22.5. The molecular formula is C26H19Cl3N4O. The molecule has 0 saturated heterocycles. The summed E-state index contributed by atoms with van der Waals surface area (Å²) in [5.41, 5.74) is 5.08. The first-order chi connectivity index (χ1) is 16.0. The van der Waals surface area contributed by atoms with Crippen LogP contribution in [0.5, 0.6) is 0 Å². The summed E-state index contributed by atoms with van der Waals surface area (Å²) in [7, 11) is 1.90. The number of aromatic nitrogens is 2. The molecule has 0 amide bonds. The molecule has 0 saturated carbocycles. The molecule has 0 aliphatic carbocycles. The van der Waals surface area contributed by atoms with Crippen molar-refractivity contribution in [3.8, 4) is 23.3 Å². The Morgan fingerprint density at radius 2 is 1.76 bits per heavy atom. The summed E-state index contributed by atoms with van der Waals surface area (Å²) < 4.78 is 8.24. The number of halogens is 3. The first kappa shape index (κ1) is 25.3. The Morgan fingerprint density at radius 3 is 2.41 bits per heavy atom. The smallest absolute Gasteiger partial charge is 0.124 e. The molecule has 0 spiro atoms. The van der Waals surface area contributed by atoms with Gasteiger partial charge < -0.3 is 9.30 Å². The van der Waals surface area contributed by atoms with E-state index in [-0.39, 0.29) is 12.4 Å². The van der Waals surface area contributed by atoms with E-state index in [4.69, 9.17) is 33.2 Å². The van der Waals surface area contributed by atoms with E-state index >= 15 is 0 Å². The number of hydrogen-bond donors (Lipinski definition) is 0. The molecule has 4 aromatic rings. The van der Waals surface area contributed by atoms with Crippen molar-refractivity contribution in [2.45, 2.75) is 12.7 Å². The van der Waals surface area contributed by atoms with Crippen LogP contribution in [0.15, 0.2) is 73.2 Å². The van der Waals surface area contributed by atoms with Crippen molar-refractivity contribution in [1.29, 1.82) is 10.5 Å². The third-order valence-corrected chi connectivity index (χ3v) is 6.15. The van der Waals surface area contributed by atoms with E-state index in [0.717, 1.165) is 16.8 Å². The first-order valence-corrected chi connectivity index (χ1v) is 10.8. The van der Waals surface area contributed by atoms with E-state index < -0.39 is 6.10 Å². The molecule has 1 unspecified atom stereocenters. The lowest BCUT2D eigenvalue weighted by molar-refractivity contribution is 0.0622. The zero-order chi connectivity index (χ0) is 23.4. The maximum atomic E-state index is 9.70. The molecule has 0 radical (unpaired) electrons. The minimum absolute atomic E-state index is 0. The number of nitriles is 2. The molecule has 1 aromatic heterocycles. The lowest BCUT2D eigenvalue weighted by atomic mass is 9.95. The van der Waals surface area contributed by atoms with E-state index in [0.29, 0.717) is 38.9 Å². The van der Waals surface area contributed by atoms with Crippen LogP contribution in [0.3, 0.4) is 0 Å². The molecule has 3 aromatic carbocycles. The number of nitrogens with zero attached hydrogens (tertiary/aromatic N) is 4. The fourth-order valence-corrected chi connectivity index (χ4v) is 3.99. The zero-order valence-electron chi connectivity index (χ0n) is 18.1. The Bertz CT molecular complexity index is 1380. The van der Waals surface area contributed by atoms with Gasteiger partial charge in [0, 0.05) is 18.2 Å². The Balaban J connectivity index is 0.00000324. The highest BCUT2D eigenvalue weighted by Gasteiger charge is 2.21. The van der Waals surface area contributed by atoms with Crippen LogP contribution in [0.4, 0.5) is 0 Å². The molecular weight excluding hydrogens is 491 g/mol. The quantitative estimate of drug-likeness (QED) is 0.284. The number of rotatable bonds is 6. The largest absolute Gasteiger partial charge is 0.363 e. The minimum atomic E-state index is -0.447. The van der Waals surface area contributed by atoms with Gasteiger partial charge in [-0.05, 0) is 41.5 Å². The van der Waals surface area contributed by atoms with Gasteiger partial charge in [-0.3, -0.25) is 0 Å². The van der Waals surface area contributed by atoms with Crippen LogP contribution in [-0.2, 0) is 18.4 Å². The van der Waals surface area contributed by atoms with Crippen molar-refractivity contribution in [3.63, 3.8) is 0 Å². The fraction of sp³-hybridized carbons (Fsp3) is 0.115. The van der Waals surface area contributed by atoms with E-state index in [1.165, 1.54) is 0 Å². The summed E-state index contributed by atoms with van der Waals surface area (Å²) in [4.78, 5) is 4.24. The van der Waals surface area contributed by atoms with Crippen LogP contribution < -0.4 is 0 Å². The molecule has 4 rings (SSSR count). The van der Waals surface area contributed by atoms with Crippen LogP contribution >= 0.6 is 35.6 Å². The minimum Gasteiger partial charge on any atom is -0.363 e. The monoisotopic (exact) mass is 508 g/mol. The summed E-state index contributed by atoms with van der Waals surface area (Å²) in [5.74, 6) is 0. The molecule has 0 bridgehead atoms. The average molecular weight is 510 g/mol. The van der Waals surface area contributed by atoms with E-state index in [2.05, 4.69) is 17.1 Å². The second kappa shape index (κ2) is 11.2. The van der Waals surface area contributed by atoms with Gasteiger partial charge in [0.2, 0.25) is 0 Å². The van der Waals surface area contributed by atoms with Gasteiger partial charge in [-0.1, -0.05) is 53.5 Å². The van der Waals surface area contributed by atoms with Gasteiger partial charge in [0.05, 0.1) is 58.1 Å². The summed E-state index contributed by atoms with van der Waals surface area (Å²) in [6.07, 6.45) is 3.03. The SMILES string of the molecule is Cl.Cn1cncc1C(OCc1ccc(C#N)cc1)c1ccc(C#N)c(-c2cccc(Cl)c2Cl)c1. The summed E-state index contributed by atoms with van der Waals surface area (Å²) in [5, 5.41) is 19.5. The van der Waals surface area contributed by atoms with Crippen LogP contribution in [0.25, 0.3) is 11.1 Å². The summed E-state index contributed by atoms with van der Waals surface area (Å²) >= 11 is 12.7. The third-order valence-electron chi connectivity index (χ3n) is 5.33. The number of imidazole rings is 1. The molecule has 34 heavy (non-hydrogen) atoms. The van der Waals surface area contributed by atoms with Gasteiger partial charge in [0.25, 0.3) is 0 Å². The second-order valence-electron chi connectivity index (χ2n) is 7.45. The Hall–Kier alpha value is -3.32. The number of hydrogen-bond acceptors (Lipinski definition) is 4. The highest BCUT2D eigenvalue weighted by molar-refractivity contribution is 6.43. The summed E-state index contributed by atoms with van der Waals surface area (Å²) in [6.45, 7) is 0.328. The maximum absolute atomic E-state index is 9.70. The predicted octanol–water partition coefficient (Wildman–Crippen LogP) is 6.87. The van der Waals surface area contributed by atoms with Gasteiger partial charge in [0.1, 0.15) is 6.10 Å². The van der Waals surface area contributed by atoms with Gasteiger partial charge in [-0.25, -0.2) is 4.98 Å². The van der Waals surface area contributed by atoms with Gasteiger partial charge in [0.15, 0.2) is 0 Å². The molecule has 1 atom stereocenters. The molecule has 5 nitrogen and oxygen atoms in total. The number of ether oxygens (including phenoxy) is 1. The Kier molecular flexibility index (Phi) is 8.34. The number of aryl methyl sites for hydroxylation is 1. The van der Waals surface area contributed by atoms with Crippen molar-refractivity contribution in [3.05, 3.63) is 111 Å². The van der Waals surface area contributed by atoms with E-state index in [1.54, 1.807) is 42.9 Å². The molecule has 0 fully saturated rings. The number of benzene rings is 3. The van der Waals surface area contributed by atoms with Crippen LogP contribution in [0.2, 0.25) is 10.0 Å². The van der Waals surface area contributed by atoms with E-state index in [1.807, 2.05) is 41.9 Å². The molecule has 1 heterocycles. The van der Waals surface area contributed by atoms with Gasteiger partial charge in [-0.2, -0.15) is 10.5 Å². The van der Waals surface area contributed by atoms with Gasteiger partial charge >= 0.3 is 0 Å². The van der Waals surface area contributed by atoms with Crippen LogP contribution in [0.1, 0.15) is 34.1 Å². The molecule has 0 aliphatic rings. The average Bonchev–Trinajstić information content (AvgIpc) is 3.27. The van der Waals surface area contributed by atoms with Crippen molar-refractivity contribution < 1.29 is 4.74 Å². The second-order valence-corrected chi connectivity index (χ2v) is 8.23. The Morgan fingerprint density at radius 1 is 1.00 bits per heavy atom. The molecule has 170 valence electrons. The van der Waals surface area contributed by atoms with Crippen LogP contribution in [0, 0.1) is 22.7 Å². The molecule has 0 N–H and O–H groups in total. The standard InChI is InChI=1S/C26H18Cl2N4O.ClH/c1-32-16-31-14-24(32)26(33-15-18-7-5-17(12-29)6-8-18)19-9-10-20(13-30)22(11-19)21-3-2-4-23(27)25(21)28;/h2-11,14,16,26H,15H2,1H3;1H. The zero-order valence-corrected chi connectivity index (χ0v) is 20.4. The molecule has 0 aliphatic heterocycles. The lowest BCUT2D eigenvalue weighted by Gasteiger charge is -2.20. The van der Waals surface area contributed by atoms with Crippen LogP contribution in [-0.4, -0.2) is 9.55 Å².